The highest BCUT2D eigenvalue weighted by atomic mass is 35.5. The van der Waals surface area contributed by atoms with Crippen LogP contribution in [0.2, 0.25) is 5.02 Å². The van der Waals surface area contributed by atoms with E-state index in [-0.39, 0.29) is 5.76 Å². The monoisotopic (exact) mass is 388 g/mol. The zero-order valence-corrected chi connectivity index (χ0v) is 15.4. The minimum atomic E-state index is -0.405. The first kappa shape index (κ1) is 16.7. The van der Waals surface area contributed by atoms with E-state index in [0.29, 0.717) is 32.8 Å². The number of hydrogen-bond acceptors (Lipinski definition) is 6. The summed E-state index contributed by atoms with van der Waals surface area (Å²) in [4.78, 5) is 17.0. The molecule has 0 atom stereocenters. The van der Waals surface area contributed by atoms with Gasteiger partial charge in [0, 0.05) is 5.39 Å². The number of carbonyl (C=O) groups is 1. The Labute approximate surface area is 157 Å². The predicted octanol–water partition coefficient (Wildman–Crippen LogP) is 4.97. The van der Waals surface area contributed by atoms with Gasteiger partial charge in [-0.05, 0) is 24.3 Å². The van der Waals surface area contributed by atoms with Crippen molar-refractivity contribution in [3.05, 3.63) is 47.2 Å². The minimum absolute atomic E-state index is 0.168. The summed E-state index contributed by atoms with van der Waals surface area (Å²) in [5.41, 5.74) is 1.13. The van der Waals surface area contributed by atoms with Crippen molar-refractivity contribution in [3.63, 3.8) is 0 Å². The number of fused-ring (bicyclic) bond motifs is 2. The van der Waals surface area contributed by atoms with Crippen LogP contribution in [0.1, 0.15) is 10.6 Å². The summed E-state index contributed by atoms with van der Waals surface area (Å²) >= 11 is 7.48. The van der Waals surface area contributed by atoms with Crippen molar-refractivity contribution in [1.82, 2.24) is 4.98 Å². The fourth-order valence-corrected chi connectivity index (χ4v) is 3.79. The molecule has 4 aromatic rings. The maximum atomic E-state index is 12.6. The molecule has 2 aromatic carbocycles. The number of carbonyl (C=O) groups excluding carboxylic acids is 1. The van der Waals surface area contributed by atoms with E-state index in [4.69, 9.17) is 25.5 Å². The Kier molecular flexibility index (Phi) is 4.18. The van der Waals surface area contributed by atoms with E-state index >= 15 is 0 Å². The first-order valence-corrected chi connectivity index (χ1v) is 8.81. The van der Waals surface area contributed by atoms with E-state index in [0.717, 1.165) is 10.1 Å². The highest BCUT2D eigenvalue weighted by molar-refractivity contribution is 7.23. The fraction of sp³-hybridized carbons (Fsp3) is 0.111. The second-order valence-corrected chi connectivity index (χ2v) is 6.80. The highest BCUT2D eigenvalue weighted by Gasteiger charge is 2.18. The van der Waals surface area contributed by atoms with Crippen molar-refractivity contribution in [2.45, 2.75) is 0 Å². The molecule has 0 spiro atoms. The molecule has 2 aromatic heterocycles. The molecule has 0 aliphatic heterocycles. The van der Waals surface area contributed by atoms with Crippen LogP contribution in [0.3, 0.4) is 0 Å². The molecule has 0 fully saturated rings. The number of benzene rings is 2. The number of methoxy groups -OCH3 is 2. The van der Waals surface area contributed by atoms with Gasteiger partial charge >= 0.3 is 0 Å². The van der Waals surface area contributed by atoms with Crippen molar-refractivity contribution in [2.24, 2.45) is 0 Å². The van der Waals surface area contributed by atoms with Gasteiger partial charge < -0.3 is 13.9 Å². The lowest BCUT2D eigenvalue weighted by Crippen LogP contribution is -2.10. The maximum absolute atomic E-state index is 12.6. The number of anilines is 1. The molecule has 8 heteroatoms. The molecule has 0 unspecified atom stereocenters. The number of thiazole rings is 1. The van der Waals surface area contributed by atoms with E-state index in [1.165, 1.54) is 11.3 Å². The maximum Gasteiger partial charge on any atom is 0.293 e. The number of hydrogen-bond donors (Lipinski definition) is 1. The largest absolute Gasteiger partial charge is 0.494 e. The van der Waals surface area contributed by atoms with E-state index in [2.05, 4.69) is 10.3 Å². The van der Waals surface area contributed by atoms with E-state index in [1.807, 2.05) is 12.1 Å². The third-order valence-electron chi connectivity index (χ3n) is 3.85. The second-order valence-electron chi connectivity index (χ2n) is 5.39. The normalized spacial score (nSPS) is 11.0. The van der Waals surface area contributed by atoms with Gasteiger partial charge in [-0.15, -0.1) is 0 Å². The van der Waals surface area contributed by atoms with Crippen LogP contribution >= 0.6 is 22.9 Å². The Balaban J connectivity index is 1.68. The van der Waals surface area contributed by atoms with Crippen molar-refractivity contribution < 1.29 is 18.7 Å². The van der Waals surface area contributed by atoms with E-state index in [1.54, 1.807) is 38.5 Å². The summed E-state index contributed by atoms with van der Waals surface area (Å²) in [5, 5.41) is 4.48. The lowest BCUT2D eigenvalue weighted by atomic mass is 10.2. The first-order chi connectivity index (χ1) is 12.6. The minimum Gasteiger partial charge on any atom is -0.494 e. The summed E-state index contributed by atoms with van der Waals surface area (Å²) in [6.07, 6.45) is 0. The predicted molar refractivity (Wildman–Crippen MR) is 102 cm³/mol. The van der Waals surface area contributed by atoms with Crippen LogP contribution in [0.15, 0.2) is 40.8 Å². The van der Waals surface area contributed by atoms with Crippen LogP contribution in [-0.4, -0.2) is 25.1 Å². The van der Waals surface area contributed by atoms with Crippen LogP contribution in [0.4, 0.5) is 5.13 Å². The molecule has 0 saturated carbocycles. The van der Waals surface area contributed by atoms with Gasteiger partial charge in [-0.1, -0.05) is 35.1 Å². The highest BCUT2D eigenvalue weighted by Crippen LogP contribution is 2.37. The van der Waals surface area contributed by atoms with Gasteiger partial charge in [0.2, 0.25) is 0 Å². The third kappa shape index (κ3) is 2.75. The summed E-state index contributed by atoms with van der Waals surface area (Å²) < 4.78 is 16.9. The second kappa shape index (κ2) is 6.51. The van der Waals surface area contributed by atoms with Gasteiger partial charge in [-0.2, -0.15) is 0 Å². The van der Waals surface area contributed by atoms with E-state index in [9.17, 15) is 4.79 Å². The lowest BCUT2D eigenvalue weighted by Gasteiger charge is -2.00. The number of ether oxygens (including phenoxy) is 2. The van der Waals surface area contributed by atoms with Crippen LogP contribution < -0.4 is 14.8 Å². The van der Waals surface area contributed by atoms with Crippen molar-refractivity contribution >= 4 is 55.2 Å². The van der Waals surface area contributed by atoms with Crippen LogP contribution in [-0.2, 0) is 0 Å². The number of para-hydroxylation sites is 1. The molecule has 132 valence electrons. The Bertz CT molecular complexity index is 1140. The Morgan fingerprint density at radius 2 is 2.00 bits per heavy atom. The first-order valence-electron chi connectivity index (χ1n) is 7.61. The zero-order valence-electron chi connectivity index (χ0n) is 13.8. The Morgan fingerprint density at radius 1 is 1.19 bits per heavy atom. The number of halogens is 1. The molecular weight excluding hydrogens is 376 g/mol. The molecule has 0 aliphatic rings. The molecule has 4 rings (SSSR count). The topological polar surface area (TPSA) is 73.6 Å². The van der Waals surface area contributed by atoms with Gasteiger partial charge in [0.05, 0.1) is 23.9 Å². The molecule has 0 saturated heterocycles. The van der Waals surface area contributed by atoms with E-state index < -0.39 is 5.91 Å². The zero-order chi connectivity index (χ0) is 18.3. The van der Waals surface area contributed by atoms with Crippen LogP contribution in [0, 0.1) is 0 Å². The number of nitrogens with one attached hydrogen (secondary N) is 1. The number of amides is 1. The SMILES string of the molecule is COc1ccc(Cl)c2sc(NC(=O)c3cc4cccc(OC)c4o3)nc12. The van der Waals surface area contributed by atoms with Gasteiger partial charge in [0.1, 0.15) is 11.3 Å². The lowest BCUT2D eigenvalue weighted by molar-refractivity contribution is 0.0998. The quantitative estimate of drug-likeness (QED) is 0.534. The van der Waals surface area contributed by atoms with Crippen LogP contribution in [0.25, 0.3) is 21.2 Å². The summed E-state index contributed by atoms with van der Waals surface area (Å²) in [6, 6.07) is 10.6. The molecule has 2 heterocycles. The Morgan fingerprint density at radius 3 is 2.77 bits per heavy atom. The van der Waals surface area contributed by atoms with Crippen molar-refractivity contribution in [1.29, 1.82) is 0 Å². The van der Waals surface area contributed by atoms with Gasteiger partial charge in [-0.25, -0.2) is 4.98 Å². The molecule has 26 heavy (non-hydrogen) atoms. The molecular formula is C18H13ClN2O4S. The van der Waals surface area contributed by atoms with Crippen LogP contribution in [0.5, 0.6) is 11.5 Å². The molecule has 6 nitrogen and oxygen atoms in total. The smallest absolute Gasteiger partial charge is 0.293 e. The van der Waals surface area contributed by atoms with Gasteiger partial charge in [0.25, 0.3) is 5.91 Å². The van der Waals surface area contributed by atoms with Gasteiger partial charge in [-0.3, -0.25) is 10.1 Å². The average molecular weight is 389 g/mol. The molecule has 1 N–H and O–H groups in total. The Hall–Kier alpha value is -2.77. The van der Waals surface area contributed by atoms with Gasteiger partial charge in [0.15, 0.2) is 22.2 Å². The molecule has 0 radical (unpaired) electrons. The molecule has 0 aliphatic carbocycles. The number of furan rings is 1. The summed E-state index contributed by atoms with van der Waals surface area (Å²) in [6.45, 7) is 0. The number of aromatic nitrogens is 1. The molecule has 0 bridgehead atoms. The third-order valence-corrected chi connectivity index (χ3v) is 5.28. The standard InChI is InChI=1S/C18H13ClN2O4S/c1-23-11-7-6-10(19)16-14(11)20-18(26-16)21-17(22)13-8-9-4-3-5-12(24-2)15(9)25-13/h3-8H,1-2H3,(H,20,21,22). The number of nitrogens with zero attached hydrogens (tertiary/aromatic N) is 1. The van der Waals surface area contributed by atoms with Crippen molar-refractivity contribution in [2.75, 3.05) is 19.5 Å². The summed E-state index contributed by atoms with van der Waals surface area (Å²) in [5.74, 6) is 0.923. The van der Waals surface area contributed by atoms with Crippen molar-refractivity contribution in [3.8, 4) is 11.5 Å². The fourth-order valence-electron chi connectivity index (χ4n) is 2.64. The number of rotatable bonds is 4. The molecule has 1 amide bonds. The average Bonchev–Trinajstić information content (AvgIpc) is 3.26. The summed E-state index contributed by atoms with van der Waals surface area (Å²) in [7, 11) is 3.11.